The summed E-state index contributed by atoms with van der Waals surface area (Å²) in [6, 6.07) is 22.2. The summed E-state index contributed by atoms with van der Waals surface area (Å²) in [6.45, 7) is 1.99. The third kappa shape index (κ3) is 3.46. The molecular weight excluding hydrogens is 376 g/mol. The van der Waals surface area contributed by atoms with Crippen molar-refractivity contribution in [2.45, 2.75) is 6.92 Å². The maximum Gasteiger partial charge on any atom is 0.262 e. The van der Waals surface area contributed by atoms with Crippen LogP contribution >= 0.6 is 0 Å². The number of anilines is 1. The molecule has 1 aromatic heterocycles. The van der Waals surface area contributed by atoms with E-state index in [2.05, 4.69) is 0 Å². The van der Waals surface area contributed by atoms with Gasteiger partial charge in [-0.05, 0) is 42.8 Å². The number of pyridine rings is 1. The highest BCUT2D eigenvalue weighted by Crippen LogP contribution is 2.23. The van der Waals surface area contributed by atoms with Crippen molar-refractivity contribution < 1.29 is 9.53 Å². The zero-order valence-electron chi connectivity index (χ0n) is 17.1. The van der Waals surface area contributed by atoms with E-state index in [1.165, 1.54) is 4.57 Å². The number of methoxy groups -OCH3 is 1. The van der Waals surface area contributed by atoms with Gasteiger partial charge in [-0.1, -0.05) is 36.4 Å². The van der Waals surface area contributed by atoms with Gasteiger partial charge >= 0.3 is 0 Å². The highest BCUT2D eigenvalue weighted by atomic mass is 16.5. The summed E-state index contributed by atoms with van der Waals surface area (Å²) in [5, 5.41) is 1.12. The van der Waals surface area contributed by atoms with Crippen molar-refractivity contribution in [1.82, 2.24) is 4.57 Å². The van der Waals surface area contributed by atoms with E-state index in [9.17, 15) is 9.59 Å². The first-order valence-electron chi connectivity index (χ1n) is 9.63. The van der Waals surface area contributed by atoms with Crippen molar-refractivity contribution in [2.75, 3.05) is 19.1 Å². The van der Waals surface area contributed by atoms with E-state index in [0.29, 0.717) is 27.8 Å². The van der Waals surface area contributed by atoms with Crippen molar-refractivity contribution in [3.05, 3.63) is 100 Å². The molecule has 0 aliphatic carbocycles. The molecule has 0 atom stereocenters. The number of carbonyl (C=O) groups is 1. The molecule has 0 unspecified atom stereocenters. The van der Waals surface area contributed by atoms with Gasteiger partial charge in [0.25, 0.3) is 11.5 Å². The summed E-state index contributed by atoms with van der Waals surface area (Å²) in [5.74, 6) is 0.450. The first-order chi connectivity index (χ1) is 14.5. The Bertz CT molecular complexity index is 1310. The molecule has 0 saturated heterocycles. The van der Waals surface area contributed by atoms with Gasteiger partial charge in [0.2, 0.25) is 0 Å². The molecule has 0 saturated carbocycles. The Morgan fingerprint density at radius 3 is 2.40 bits per heavy atom. The van der Waals surface area contributed by atoms with Crippen LogP contribution in [-0.2, 0) is 0 Å². The smallest absolute Gasteiger partial charge is 0.262 e. The quantitative estimate of drug-likeness (QED) is 0.505. The summed E-state index contributed by atoms with van der Waals surface area (Å²) in [6.07, 6.45) is 1.62. The largest absolute Gasteiger partial charge is 0.497 e. The normalized spacial score (nSPS) is 10.8. The number of aromatic nitrogens is 1. The molecule has 4 rings (SSSR count). The average Bonchev–Trinajstić information content (AvgIpc) is 2.78. The molecule has 0 spiro atoms. The molecule has 30 heavy (non-hydrogen) atoms. The zero-order valence-corrected chi connectivity index (χ0v) is 17.1. The first-order valence-corrected chi connectivity index (χ1v) is 9.63. The van der Waals surface area contributed by atoms with E-state index >= 15 is 0 Å². The van der Waals surface area contributed by atoms with Gasteiger partial charge < -0.3 is 9.64 Å². The molecule has 5 heteroatoms. The van der Waals surface area contributed by atoms with Crippen LogP contribution in [0.4, 0.5) is 5.69 Å². The Labute approximate surface area is 174 Å². The van der Waals surface area contributed by atoms with Crippen LogP contribution in [0.2, 0.25) is 0 Å². The Kier molecular flexibility index (Phi) is 5.11. The number of hydrogen-bond acceptors (Lipinski definition) is 3. The number of aryl methyl sites for hydroxylation is 1. The molecule has 0 aliphatic heterocycles. The molecule has 0 bridgehead atoms. The summed E-state index contributed by atoms with van der Waals surface area (Å²) in [7, 11) is 3.32. The van der Waals surface area contributed by atoms with Crippen molar-refractivity contribution in [2.24, 2.45) is 0 Å². The van der Waals surface area contributed by atoms with Gasteiger partial charge in [0, 0.05) is 35.8 Å². The minimum absolute atomic E-state index is 0.186. The molecule has 0 N–H and O–H groups in total. The highest BCUT2D eigenvalue weighted by Gasteiger charge is 2.20. The van der Waals surface area contributed by atoms with Crippen molar-refractivity contribution in [3.8, 4) is 11.4 Å². The number of hydrogen-bond donors (Lipinski definition) is 0. The molecule has 0 fully saturated rings. The minimum atomic E-state index is -0.187. The maximum absolute atomic E-state index is 13.5. The van der Waals surface area contributed by atoms with Gasteiger partial charge in [0.1, 0.15) is 5.75 Å². The van der Waals surface area contributed by atoms with Crippen molar-refractivity contribution in [3.63, 3.8) is 0 Å². The van der Waals surface area contributed by atoms with Gasteiger partial charge in [-0.3, -0.25) is 14.2 Å². The third-order valence-electron chi connectivity index (χ3n) is 5.18. The number of fused-ring (bicyclic) bond motifs is 1. The Morgan fingerprint density at radius 1 is 0.933 bits per heavy atom. The lowest BCUT2D eigenvalue weighted by molar-refractivity contribution is 0.0994. The molecule has 0 aliphatic rings. The molecule has 4 aromatic rings. The van der Waals surface area contributed by atoms with E-state index in [1.54, 1.807) is 43.5 Å². The molecule has 0 radical (unpaired) electrons. The van der Waals surface area contributed by atoms with Crippen molar-refractivity contribution in [1.29, 1.82) is 0 Å². The monoisotopic (exact) mass is 398 g/mol. The molecule has 3 aromatic carbocycles. The summed E-state index contributed by atoms with van der Waals surface area (Å²) in [5.41, 5.74) is 2.77. The third-order valence-corrected chi connectivity index (χ3v) is 5.18. The summed E-state index contributed by atoms with van der Waals surface area (Å²) < 4.78 is 6.80. The number of amides is 1. The van der Waals surface area contributed by atoms with Crippen LogP contribution in [0, 0.1) is 6.92 Å². The van der Waals surface area contributed by atoms with E-state index in [-0.39, 0.29) is 11.5 Å². The standard InChI is InChI=1S/C25H22N2O3/c1-17-8-6-9-18(14-17)26(2)24(28)23-16-27(19-10-7-11-20(15-19)30-3)25(29)22-13-5-4-12-21(22)23/h4-16H,1-3H3. The Hall–Kier alpha value is -3.86. The highest BCUT2D eigenvalue weighted by molar-refractivity contribution is 6.13. The molecule has 5 nitrogen and oxygen atoms in total. The van der Waals surface area contributed by atoms with Gasteiger partial charge in [0.15, 0.2) is 0 Å². The average molecular weight is 398 g/mol. The molecular formula is C25H22N2O3. The van der Waals surface area contributed by atoms with Crippen LogP contribution in [-0.4, -0.2) is 24.6 Å². The fourth-order valence-corrected chi connectivity index (χ4v) is 3.55. The number of nitrogens with zero attached hydrogens (tertiary/aromatic N) is 2. The predicted octanol–water partition coefficient (Wildman–Crippen LogP) is 4.58. The lowest BCUT2D eigenvalue weighted by Gasteiger charge is -2.20. The fourth-order valence-electron chi connectivity index (χ4n) is 3.55. The molecule has 1 amide bonds. The predicted molar refractivity (Wildman–Crippen MR) is 120 cm³/mol. The van der Waals surface area contributed by atoms with Gasteiger partial charge in [-0.25, -0.2) is 0 Å². The second kappa shape index (κ2) is 7.87. The Morgan fingerprint density at radius 2 is 1.67 bits per heavy atom. The number of carbonyl (C=O) groups excluding carboxylic acids is 1. The molecule has 1 heterocycles. The van der Waals surface area contributed by atoms with Crippen LogP contribution in [0.15, 0.2) is 83.8 Å². The van der Waals surface area contributed by atoms with Crippen LogP contribution in [0.1, 0.15) is 15.9 Å². The topological polar surface area (TPSA) is 51.5 Å². The summed E-state index contributed by atoms with van der Waals surface area (Å²) in [4.78, 5) is 28.3. The van der Waals surface area contributed by atoms with E-state index in [1.807, 2.05) is 61.5 Å². The minimum Gasteiger partial charge on any atom is -0.497 e. The van der Waals surface area contributed by atoms with Gasteiger partial charge in [0.05, 0.1) is 18.4 Å². The fraction of sp³-hybridized carbons (Fsp3) is 0.120. The van der Waals surface area contributed by atoms with E-state index in [0.717, 1.165) is 11.3 Å². The van der Waals surface area contributed by atoms with Crippen LogP contribution < -0.4 is 15.2 Å². The number of benzene rings is 3. The first kappa shape index (κ1) is 19.5. The lowest BCUT2D eigenvalue weighted by Crippen LogP contribution is -2.29. The van der Waals surface area contributed by atoms with E-state index < -0.39 is 0 Å². The summed E-state index contributed by atoms with van der Waals surface area (Å²) >= 11 is 0. The molecule has 150 valence electrons. The lowest BCUT2D eigenvalue weighted by atomic mass is 10.1. The second-order valence-corrected chi connectivity index (χ2v) is 7.17. The maximum atomic E-state index is 13.5. The Balaban J connectivity index is 1.92. The van der Waals surface area contributed by atoms with Crippen LogP contribution in [0.25, 0.3) is 16.5 Å². The SMILES string of the molecule is COc1cccc(-n2cc(C(=O)N(C)c3cccc(C)c3)c3ccccc3c2=O)c1. The van der Waals surface area contributed by atoms with E-state index in [4.69, 9.17) is 4.74 Å². The van der Waals surface area contributed by atoms with Crippen LogP contribution in [0.5, 0.6) is 5.75 Å². The van der Waals surface area contributed by atoms with Gasteiger partial charge in [-0.2, -0.15) is 0 Å². The number of ether oxygens (including phenoxy) is 1. The second-order valence-electron chi connectivity index (χ2n) is 7.17. The van der Waals surface area contributed by atoms with Crippen molar-refractivity contribution >= 4 is 22.4 Å². The van der Waals surface area contributed by atoms with Crippen LogP contribution in [0.3, 0.4) is 0 Å². The number of rotatable bonds is 4. The zero-order chi connectivity index (χ0) is 21.3. The van der Waals surface area contributed by atoms with Gasteiger partial charge in [-0.15, -0.1) is 0 Å².